The molecule has 0 saturated carbocycles. The van der Waals surface area contributed by atoms with Crippen LogP contribution in [0.4, 0.5) is 4.79 Å². The average Bonchev–Trinajstić information content (AvgIpc) is 3.18. The fourth-order valence-electron chi connectivity index (χ4n) is 3.82. The molecule has 1 aliphatic heterocycles. The molecule has 0 unspecified atom stereocenters. The number of β-amino-alcohol motifs (C(OH)–C–C–N with tert-alkyl or cyclic N) is 1. The number of fused-ring (bicyclic) bond motifs is 3. The van der Waals surface area contributed by atoms with E-state index in [-0.39, 0.29) is 25.2 Å². The van der Waals surface area contributed by atoms with E-state index in [1.54, 1.807) is 0 Å². The van der Waals surface area contributed by atoms with Crippen LogP contribution in [0.5, 0.6) is 0 Å². The van der Waals surface area contributed by atoms with Crippen molar-refractivity contribution in [2.75, 3.05) is 26.8 Å². The Kier molecular flexibility index (Phi) is 4.19. The molecule has 2 aliphatic rings. The first-order valence-corrected chi connectivity index (χ1v) is 8.50. The smallest absolute Gasteiger partial charge is 0.409 e. The highest BCUT2D eigenvalue weighted by Crippen LogP contribution is 2.44. The van der Waals surface area contributed by atoms with Crippen molar-refractivity contribution in [3.63, 3.8) is 0 Å². The largest absolute Gasteiger partial charge is 0.448 e. The summed E-state index contributed by atoms with van der Waals surface area (Å²) >= 11 is 0. The molecule has 0 bridgehead atoms. The van der Waals surface area contributed by atoms with Gasteiger partial charge in [-0.1, -0.05) is 48.5 Å². The maximum atomic E-state index is 12.4. The molecule has 2 aromatic rings. The van der Waals surface area contributed by atoms with Crippen LogP contribution in [0.2, 0.25) is 0 Å². The van der Waals surface area contributed by atoms with Gasteiger partial charge in [-0.25, -0.2) is 4.79 Å². The summed E-state index contributed by atoms with van der Waals surface area (Å²) in [5.74, 6) is 0.0436. The number of ether oxygens (including phenoxy) is 2. The molecule has 130 valence electrons. The van der Waals surface area contributed by atoms with Crippen molar-refractivity contribution >= 4 is 6.09 Å². The SMILES string of the molecule is CO[C@@H]1CN(C(=O)OCC2c3ccccc3-c3ccccc32)C[C@H]1O. The third-order valence-electron chi connectivity index (χ3n) is 5.13. The second-order valence-corrected chi connectivity index (χ2v) is 6.55. The van der Waals surface area contributed by atoms with E-state index in [1.807, 2.05) is 24.3 Å². The first kappa shape index (κ1) is 16.1. The Morgan fingerprint density at radius 1 is 1.08 bits per heavy atom. The third-order valence-corrected chi connectivity index (χ3v) is 5.13. The van der Waals surface area contributed by atoms with Crippen molar-refractivity contribution in [2.45, 2.75) is 18.1 Å². The number of benzene rings is 2. The number of amides is 1. The number of aliphatic hydroxyl groups excluding tert-OH is 1. The lowest BCUT2D eigenvalue weighted by atomic mass is 9.98. The minimum Gasteiger partial charge on any atom is -0.448 e. The van der Waals surface area contributed by atoms with Gasteiger partial charge in [0.15, 0.2) is 0 Å². The van der Waals surface area contributed by atoms with Gasteiger partial charge in [0.25, 0.3) is 0 Å². The molecule has 1 saturated heterocycles. The summed E-state index contributed by atoms with van der Waals surface area (Å²) in [6, 6.07) is 16.5. The van der Waals surface area contributed by atoms with Crippen molar-refractivity contribution in [1.29, 1.82) is 0 Å². The van der Waals surface area contributed by atoms with Crippen LogP contribution < -0.4 is 0 Å². The molecule has 1 amide bonds. The van der Waals surface area contributed by atoms with Gasteiger partial charge < -0.3 is 19.5 Å². The fraction of sp³-hybridized carbons (Fsp3) is 0.350. The van der Waals surface area contributed by atoms with E-state index >= 15 is 0 Å². The van der Waals surface area contributed by atoms with Crippen molar-refractivity contribution in [2.24, 2.45) is 0 Å². The minimum atomic E-state index is -0.662. The second kappa shape index (κ2) is 6.50. The first-order valence-electron chi connectivity index (χ1n) is 8.50. The normalized spacial score (nSPS) is 21.9. The van der Waals surface area contributed by atoms with Crippen molar-refractivity contribution in [1.82, 2.24) is 4.90 Å². The predicted octanol–water partition coefficient (Wildman–Crippen LogP) is 2.63. The van der Waals surface area contributed by atoms with Crippen LogP contribution in [0.3, 0.4) is 0 Å². The monoisotopic (exact) mass is 339 g/mol. The van der Waals surface area contributed by atoms with E-state index in [2.05, 4.69) is 24.3 Å². The highest BCUT2D eigenvalue weighted by Gasteiger charge is 2.36. The van der Waals surface area contributed by atoms with Gasteiger partial charge in [0, 0.05) is 13.0 Å². The molecule has 0 aromatic heterocycles. The maximum Gasteiger partial charge on any atom is 0.409 e. The molecule has 2 atom stereocenters. The molecule has 5 heteroatoms. The van der Waals surface area contributed by atoms with Crippen molar-refractivity contribution < 1.29 is 19.4 Å². The van der Waals surface area contributed by atoms with Crippen LogP contribution in [0.1, 0.15) is 17.0 Å². The zero-order chi connectivity index (χ0) is 17.4. The Morgan fingerprint density at radius 3 is 2.24 bits per heavy atom. The molecule has 1 fully saturated rings. The summed E-state index contributed by atoms with van der Waals surface area (Å²) < 4.78 is 10.8. The standard InChI is InChI=1S/C20H21NO4/c1-24-19-11-21(10-18(19)22)20(23)25-12-17-15-8-4-2-6-13(15)14-7-3-5-9-16(14)17/h2-9,17-19,22H,10-12H2,1H3/t18-,19-/m1/s1. The highest BCUT2D eigenvalue weighted by molar-refractivity contribution is 5.79. The number of carbonyl (C=O) groups excluding carboxylic acids is 1. The lowest BCUT2D eigenvalue weighted by Gasteiger charge is -2.19. The second-order valence-electron chi connectivity index (χ2n) is 6.55. The van der Waals surface area contributed by atoms with Crippen LogP contribution in [0.15, 0.2) is 48.5 Å². The van der Waals surface area contributed by atoms with Gasteiger partial charge in [-0.2, -0.15) is 0 Å². The van der Waals surface area contributed by atoms with Crippen LogP contribution >= 0.6 is 0 Å². The average molecular weight is 339 g/mol. The zero-order valence-electron chi connectivity index (χ0n) is 14.1. The van der Waals surface area contributed by atoms with E-state index in [9.17, 15) is 9.90 Å². The van der Waals surface area contributed by atoms with Gasteiger partial charge in [-0.15, -0.1) is 0 Å². The molecule has 1 N–H and O–H groups in total. The van der Waals surface area contributed by atoms with E-state index in [1.165, 1.54) is 34.3 Å². The van der Waals surface area contributed by atoms with Gasteiger partial charge in [0.2, 0.25) is 0 Å². The maximum absolute atomic E-state index is 12.4. The molecule has 4 rings (SSSR count). The Labute approximate surface area is 146 Å². The number of nitrogens with zero attached hydrogens (tertiary/aromatic N) is 1. The van der Waals surface area contributed by atoms with Gasteiger partial charge in [-0.3, -0.25) is 0 Å². The number of aliphatic hydroxyl groups is 1. The number of hydrogen-bond acceptors (Lipinski definition) is 4. The molecule has 2 aromatic carbocycles. The van der Waals surface area contributed by atoms with Gasteiger partial charge >= 0.3 is 6.09 Å². The quantitative estimate of drug-likeness (QED) is 0.934. The lowest BCUT2D eigenvalue weighted by Crippen LogP contribution is -2.31. The number of likely N-dealkylation sites (tertiary alicyclic amines) is 1. The molecular formula is C20H21NO4. The summed E-state index contributed by atoms with van der Waals surface area (Å²) in [5.41, 5.74) is 4.78. The van der Waals surface area contributed by atoms with Crippen LogP contribution in [0, 0.1) is 0 Å². The molecule has 5 nitrogen and oxygen atoms in total. The highest BCUT2D eigenvalue weighted by atomic mass is 16.6. The third kappa shape index (κ3) is 2.79. The number of hydrogen-bond donors (Lipinski definition) is 1. The minimum absolute atomic E-state index is 0.0436. The van der Waals surface area contributed by atoms with E-state index in [0.29, 0.717) is 6.54 Å². The molecule has 1 heterocycles. The molecule has 1 aliphatic carbocycles. The van der Waals surface area contributed by atoms with E-state index in [0.717, 1.165) is 0 Å². The Hall–Kier alpha value is -2.37. The summed E-state index contributed by atoms with van der Waals surface area (Å²) in [5, 5.41) is 9.87. The van der Waals surface area contributed by atoms with Crippen molar-refractivity contribution in [3.8, 4) is 11.1 Å². The van der Waals surface area contributed by atoms with Crippen LogP contribution in [-0.4, -0.2) is 55.1 Å². The lowest BCUT2D eigenvalue weighted by molar-refractivity contribution is 0.0214. The summed E-state index contributed by atoms with van der Waals surface area (Å²) in [4.78, 5) is 13.9. The van der Waals surface area contributed by atoms with Gasteiger partial charge in [0.1, 0.15) is 12.7 Å². The fourth-order valence-corrected chi connectivity index (χ4v) is 3.82. The summed E-state index contributed by atoms with van der Waals surface area (Å²) in [7, 11) is 1.54. The Bertz CT molecular complexity index is 745. The van der Waals surface area contributed by atoms with Gasteiger partial charge in [0.05, 0.1) is 19.2 Å². The topological polar surface area (TPSA) is 59.0 Å². The molecule has 0 radical (unpaired) electrons. The van der Waals surface area contributed by atoms with E-state index < -0.39 is 12.2 Å². The molecule has 0 spiro atoms. The Balaban J connectivity index is 1.49. The Morgan fingerprint density at radius 2 is 1.68 bits per heavy atom. The summed E-state index contributed by atoms with van der Waals surface area (Å²) in [6.07, 6.45) is -1.41. The van der Waals surface area contributed by atoms with Crippen LogP contribution in [-0.2, 0) is 9.47 Å². The van der Waals surface area contributed by atoms with Crippen molar-refractivity contribution in [3.05, 3.63) is 59.7 Å². The summed E-state index contributed by atoms with van der Waals surface area (Å²) in [6.45, 7) is 0.890. The zero-order valence-corrected chi connectivity index (χ0v) is 14.1. The van der Waals surface area contributed by atoms with E-state index in [4.69, 9.17) is 9.47 Å². The molecule has 25 heavy (non-hydrogen) atoms. The van der Waals surface area contributed by atoms with Crippen LogP contribution in [0.25, 0.3) is 11.1 Å². The number of rotatable bonds is 3. The predicted molar refractivity (Wildman–Crippen MR) is 93.4 cm³/mol. The molecular weight excluding hydrogens is 318 g/mol. The van der Waals surface area contributed by atoms with Gasteiger partial charge in [-0.05, 0) is 22.3 Å². The number of methoxy groups -OCH3 is 1. The number of carbonyl (C=O) groups is 1. The first-order chi connectivity index (χ1) is 12.2.